The Morgan fingerprint density at radius 1 is 0.610 bits per heavy atom. The number of nitrogens with zero attached hydrogens (tertiary/aromatic N) is 4. The minimum atomic E-state index is -1.67. The van der Waals surface area contributed by atoms with E-state index >= 15 is 0 Å². The number of rotatable bonds is 11. The van der Waals surface area contributed by atoms with E-state index in [0.717, 1.165) is 102 Å². The Morgan fingerprint density at radius 2 is 1.24 bits per heavy atom. The van der Waals surface area contributed by atoms with Gasteiger partial charge < -0.3 is 19.1 Å². The minimum absolute atomic E-state index is 0. The van der Waals surface area contributed by atoms with Crippen molar-refractivity contribution < 1.29 is 32.7 Å². The van der Waals surface area contributed by atoms with Crippen molar-refractivity contribution in [1.29, 1.82) is 0 Å². The summed E-state index contributed by atoms with van der Waals surface area (Å²) in [6.45, 7) is 21.3. The number of fused-ring (bicyclic) bond motifs is 5. The van der Waals surface area contributed by atoms with Crippen LogP contribution >= 0.6 is 0 Å². The maximum Gasteiger partial charge on any atom is 0.135 e. The number of benzene rings is 9. The van der Waals surface area contributed by atoms with Crippen molar-refractivity contribution in [2.24, 2.45) is 5.92 Å². The number of ether oxygens (including phenoxy) is 1. The summed E-state index contributed by atoms with van der Waals surface area (Å²) in [4.78, 5) is 9.36. The fraction of sp³-hybridized carbons (Fsp3) is 0.211. The number of aromatic nitrogens is 2. The minimum Gasteiger partial charge on any atom is -0.509 e. The van der Waals surface area contributed by atoms with Gasteiger partial charge in [0.25, 0.3) is 0 Å². The zero-order chi connectivity index (χ0) is 60.2. The van der Waals surface area contributed by atoms with Gasteiger partial charge in [-0.3, -0.25) is 0 Å². The van der Waals surface area contributed by atoms with E-state index in [-0.39, 0.29) is 55.3 Å². The molecule has 0 saturated heterocycles. The molecule has 0 spiro atoms. The van der Waals surface area contributed by atoms with Crippen molar-refractivity contribution in [2.45, 2.75) is 97.8 Å². The van der Waals surface area contributed by atoms with Crippen LogP contribution in [0.15, 0.2) is 206 Å². The molecule has 0 N–H and O–H groups in total. The van der Waals surface area contributed by atoms with E-state index in [1.807, 2.05) is 123 Å². The third kappa shape index (κ3) is 10.1. The SMILES string of the molecule is [2H]c1c([2H])c2c(c([2H])c1-c1cccc(-c3cc(-c4ccccc4)cc(C(C)(C)C)c3)c1N1[CH-]N(c3[c-]c(Oc4[c-]c5c(cc4)c4ccccc4n5-c4cc(C([2H])([2H])C(C)C)c(-c5ccccc5)cn4)ccc3)c3ccccc31)C(C)(C)CCC2(C)C.[Pt]. The topological polar surface area (TPSA) is 33.5 Å². The second kappa shape index (κ2) is 21.4. The van der Waals surface area contributed by atoms with Gasteiger partial charge in [0.15, 0.2) is 0 Å². The van der Waals surface area contributed by atoms with E-state index < -0.39 is 6.37 Å². The third-order valence-electron chi connectivity index (χ3n) is 16.4. The van der Waals surface area contributed by atoms with Gasteiger partial charge in [0, 0.05) is 80.8 Å². The summed E-state index contributed by atoms with van der Waals surface area (Å²) in [7, 11) is 0. The number of hydrogen-bond donors (Lipinski definition) is 0. The molecule has 13 rings (SSSR count). The summed E-state index contributed by atoms with van der Waals surface area (Å²) in [5.74, 6) is 1.20. The van der Waals surface area contributed by atoms with E-state index in [9.17, 15) is 6.85 Å². The van der Waals surface area contributed by atoms with Crippen LogP contribution in [0.3, 0.4) is 0 Å². The number of pyridine rings is 1. The first kappa shape index (κ1) is 48.7. The molecular weight excluding hydrogens is 1180 g/mol. The zero-order valence-electron chi connectivity index (χ0n) is 53.0. The van der Waals surface area contributed by atoms with Crippen LogP contribution in [0.1, 0.15) is 104 Å². The normalized spacial score (nSPS) is 15.5. The van der Waals surface area contributed by atoms with Gasteiger partial charge in [0.2, 0.25) is 0 Å². The second-order valence-corrected chi connectivity index (χ2v) is 24.4. The van der Waals surface area contributed by atoms with Crippen LogP contribution in [0.25, 0.3) is 72.1 Å². The number of anilines is 4. The summed E-state index contributed by atoms with van der Waals surface area (Å²) < 4.78 is 57.7. The summed E-state index contributed by atoms with van der Waals surface area (Å²) in [5.41, 5.74) is 14.3. The summed E-state index contributed by atoms with van der Waals surface area (Å²) in [5, 5.41) is 1.96. The number of hydrogen-bond acceptors (Lipinski definition) is 4. The van der Waals surface area contributed by atoms with Gasteiger partial charge >= 0.3 is 0 Å². The molecule has 0 bridgehead atoms. The molecule has 0 amide bonds. The van der Waals surface area contributed by atoms with Crippen LogP contribution in [0.5, 0.6) is 11.5 Å². The fourth-order valence-electron chi connectivity index (χ4n) is 11.9. The largest absolute Gasteiger partial charge is 0.509 e. The van der Waals surface area contributed by atoms with E-state index in [1.165, 1.54) is 5.56 Å². The van der Waals surface area contributed by atoms with Crippen LogP contribution in [0.2, 0.25) is 0 Å². The molecule has 1 aliphatic heterocycles. The molecule has 6 heteroatoms. The Kier molecular flexibility index (Phi) is 12.7. The van der Waals surface area contributed by atoms with Crippen molar-refractivity contribution in [3.8, 4) is 61.8 Å². The van der Waals surface area contributed by atoms with Crippen molar-refractivity contribution in [3.63, 3.8) is 0 Å². The zero-order valence-corrected chi connectivity index (χ0v) is 50.3. The predicted octanol–water partition coefficient (Wildman–Crippen LogP) is 20.5. The van der Waals surface area contributed by atoms with Gasteiger partial charge in [-0.15, -0.1) is 48.1 Å². The summed E-state index contributed by atoms with van der Waals surface area (Å²) >= 11 is 0. The Labute approximate surface area is 506 Å². The van der Waals surface area contributed by atoms with Crippen molar-refractivity contribution >= 4 is 44.6 Å². The quantitative estimate of drug-likeness (QED) is 0.121. The second-order valence-electron chi connectivity index (χ2n) is 24.4. The van der Waals surface area contributed by atoms with Crippen LogP contribution in [0, 0.1) is 24.7 Å². The Hall–Kier alpha value is -7.98. The van der Waals surface area contributed by atoms with E-state index in [2.05, 4.69) is 154 Å². The third-order valence-corrected chi connectivity index (χ3v) is 16.4. The molecule has 3 heterocycles. The summed E-state index contributed by atoms with van der Waals surface area (Å²) in [6.07, 6.45) is 1.86. The first-order chi connectivity index (χ1) is 41.1. The van der Waals surface area contributed by atoms with Gasteiger partial charge in [-0.1, -0.05) is 207 Å². The van der Waals surface area contributed by atoms with Crippen molar-refractivity contribution in [2.75, 3.05) is 9.80 Å². The molecule has 0 radical (unpaired) electrons. The Balaban J connectivity index is 0.00000739. The Bertz CT molecular complexity index is 4470. The monoisotopic (exact) mass is 1250 g/mol. The average Bonchev–Trinajstić information content (AvgIpc) is 1.38. The molecule has 1 aliphatic carbocycles. The van der Waals surface area contributed by atoms with Crippen molar-refractivity contribution in [3.05, 3.63) is 247 Å². The van der Waals surface area contributed by atoms with Crippen LogP contribution in [-0.2, 0) is 43.7 Å². The Morgan fingerprint density at radius 3 is 1.98 bits per heavy atom. The van der Waals surface area contributed by atoms with Gasteiger partial charge in [-0.2, -0.15) is 12.1 Å². The fourth-order valence-corrected chi connectivity index (χ4v) is 11.9. The molecule has 9 aromatic carbocycles. The predicted molar refractivity (Wildman–Crippen MR) is 338 cm³/mol. The molecule has 0 saturated carbocycles. The number of para-hydroxylation sites is 4. The van der Waals surface area contributed by atoms with Gasteiger partial charge in [-0.05, 0) is 127 Å². The van der Waals surface area contributed by atoms with E-state index in [0.29, 0.717) is 40.0 Å². The van der Waals surface area contributed by atoms with Gasteiger partial charge in [0.05, 0.1) is 4.11 Å². The van der Waals surface area contributed by atoms with Crippen molar-refractivity contribution in [1.82, 2.24) is 9.55 Å². The summed E-state index contributed by atoms with van der Waals surface area (Å²) in [6, 6.07) is 69.4. The molecule has 0 unspecified atom stereocenters. The maximum absolute atomic E-state index is 10.3. The molecule has 2 aliphatic rings. The molecule has 5 nitrogen and oxygen atoms in total. The molecule has 2 aromatic heterocycles. The maximum atomic E-state index is 10.3. The molecule has 412 valence electrons. The smallest absolute Gasteiger partial charge is 0.135 e. The average molecular weight is 1250 g/mol. The molecule has 11 aromatic rings. The molecule has 0 atom stereocenters. The molecule has 0 fully saturated rings. The van der Waals surface area contributed by atoms with Gasteiger partial charge in [-0.25, -0.2) is 4.98 Å². The van der Waals surface area contributed by atoms with Gasteiger partial charge in [0.1, 0.15) is 5.82 Å². The van der Waals surface area contributed by atoms with E-state index in [1.54, 1.807) is 6.20 Å². The van der Waals surface area contributed by atoms with Crippen LogP contribution in [-0.4, -0.2) is 9.55 Å². The standard InChI is InChI=1S/C76H69N4O.Pt/c1-50(2)40-55-45-72(77-48-65(55)52-24-14-11-15-25-52)80-68-31-17-16-28-63(68)64-36-35-60(47-71(64)80)81-59-27-20-26-58(46-59)78-49-79(70-33-19-18-32-69(70)78)73-61(53-34-37-66-67(44-53)76(8,9)39-38-75(66,6)7)29-21-30-62(73)56-41-54(51-22-12-10-13-23-51)42-57(43-56)74(3,4)5;/h10-37,41-45,48-50H,38-40H2,1-9H3;/q-3;/i34D,37D,40D2,44D;. The molecule has 82 heavy (non-hydrogen) atoms. The van der Waals surface area contributed by atoms with Crippen LogP contribution in [0.4, 0.5) is 22.7 Å². The van der Waals surface area contributed by atoms with E-state index in [4.69, 9.17) is 9.72 Å². The first-order valence-electron chi connectivity index (χ1n) is 30.8. The first-order valence-corrected chi connectivity index (χ1v) is 28.3. The molecular formula is C76H69N4OPt-3. The van der Waals surface area contributed by atoms with Crippen LogP contribution < -0.4 is 14.5 Å².